The van der Waals surface area contributed by atoms with Crippen molar-refractivity contribution >= 4 is 14.3 Å². The molecule has 8 nitrogen and oxygen atoms in total. The quantitative estimate of drug-likeness (QED) is 0.247. The summed E-state index contributed by atoms with van der Waals surface area (Å²) in [6.45, 7) is 14.3. The third kappa shape index (κ3) is 3.75. The van der Waals surface area contributed by atoms with Gasteiger partial charge in [0.15, 0.2) is 20.2 Å². The van der Waals surface area contributed by atoms with E-state index in [2.05, 4.69) is 43.9 Å². The molecule has 0 amide bonds. The molecule has 2 fully saturated rings. The van der Waals surface area contributed by atoms with Gasteiger partial charge in [-0.1, -0.05) is 25.9 Å². The Morgan fingerprint density at radius 2 is 2.00 bits per heavy atom. The Hall–Kier alpha value is -1.12. The molecule has 9 heteroatoms. The zero-order valence-corrected chi connectivity index (χ0v) is 16.4. The predicted molar refractivity (Wildman–Crippen MR) is 89.8 cm³/mol. The van der Waals surface area contributed by atoms with Crippen molar-refractivity contribution < 1.29 is 23.4 Å². The number of azide groups is 1. The zero-order chi connectivity index (χ0) is 18.3. The van der Waals surface area contributed by atoms with Crippen molar-refractivity contribution in [1.29, 1.82) is 0 Å². The molecule has 0 aromatic heterocycles. The molecule has 2 saturated heterocycles. The second kappa shape index (κ2) is 6.31. The number of fused-ring (bicyclic) bond motifs is 1. The molecule has 0 aliphatic carbocycles. The maximum atomic E-state index is 12.0. The number of carbonyl (C=O) groups excluding carboxylic acids is 1. The highest BCUT2D eigenvalue weighted by Gasteiger charge is 2.58. The van der Waals surface area contributed by atoms with Crippen molar-refractivity contribution in [3.8, 4) is 0 Å². The summed E-state index contributed by atoms with van der Waals surface area (Å²) in [5.74, 6) is -1.35. The molecule has 0 spiro atoms. The number of hydrogen-bond acceptors (Lipinski definition) is 6. The van der Waals surface area contributed by atoms with Crippen molar-refractivity contribution in [1.82, 2.24) is 0 Å². The van der Waals surface area contributed by atoms with E-state index in [9.17, 15) is 4.79 Å². The maximum Gasteiger partial charge on any atom is 0.338 e. The van der Waals surface area contributed by atoms with E-state index in [1.165, 1.54) is 0 Å². The molecular weight excluding hydrogens is 330 g/mol. The standard InChI is InChI=1S/C15H27N3O5Si/c1-14(2,3)24(6,7)20-8-9(17-18-16)10-11-12(13(19)21-10)23-15(4,5)22-11/h9-12H,8H2,1-7H3. The number of cyclic esters (lactones) is 1. The van der Waals surface area contributed by atoms with Gasteiger partial charge in [-0.25, -0.2) is 4.79 Å². The summed E-state index contributed by atoms with van der Waals surface area (Å²) >= 11 is 0. The van der Waals surface area contributed by atoms with E-state index in [1.54, 1.807) is 13.8 Å². The monoisotopic (exact) mass is 357 g/mol. The summed E-state index contributed by atoms with van der Waals surface area (Å²) < 4.78 is 22.9. The van der Waals surface area contributed by atoms with Gasteiger partial charge < -0.3 is 18.6 Å². The molecule has 24 heavy (non-hydrogen) atoms. The smallest absolute Gasteiger partial charge is 0.338 e. The van der Waals surface area contributed by atoms with Crippen LogP contribution in [0.4, 0.5) is 0 Å². The Morgan fingerprint density at radius 1 is 1.38 bits per heavy atom. The van der Waals surface area contributed by atoms with Gasteiger partial charge in [0, 0.05) is 11.5 Å². The Labute approximate surface area is 143 Å². The van der Waals surface area contributed by atoms with Crippen molar-refractivity contribution in [3.05, 3.63) is 10.4 Å². The maximum absolute atomic E-state index is 12.0. The second-order valence-corrected chi connectivity index (χ2v) is 13.1. The molecule has 0 saturated carbocycles. The summed E-state index contributed by atoms with van der Waals surface area (Å²) in [5.41, 5.74) is 8.90. The fraction of sp³-hybridized carbons (Fsp3) is 0.933. The number of esters is 1. The number of hydrogen-bond donors (Lipinski definition) is 0. The SMILES string of the molecule is CC1(C)OC2C(=O)OC(C(CO[Si](C)(C)C(C)(C)C)N=[N+]=[N-])C2O1. The van der Waals surface area contributed by atoms with Gasteiger partial charge in [0.05, 0.1) is 6.04 Å². The minimum absolute atomic E-state index is 0.0256. The first-order valence-electron chi connectivity index (χ1n) is 8.12. The molecule has 4 unspecified atom stereocenters. The van der Waals surface area contributed by atoms with Gasteiger partial charge in [0.2, 0.25) is 0 Å². The molecule has 136 valence electrons. The molecule has 0 aromatic carbocycles. The van der Waals surface area contributed by atoms with Gasteiger partial charge in [-0.3, -0.25) is 0 Å². The normalized spacial score (nSPS) is 30.5. The molecule has 2 aliphatic heterocycles. The van der Waals surface area contributed by atoms with E-state index in [1.807, 2.05) is 0 Å². The lowest BCUT2D eigenvalue weighted by atomic mass is 10.1. The molecule has 2 heterocycles. The Bertz CT molecular complexity index is 554. The van der Waals surface area contributed by atoms with Crippen molar-refractivity contribution in [2.45, 2.75) is 82.9 Å². The summed E-state index contributed by atoms with van der Waals surface area (Å²) in [6.07, 6.45) is -2.08. The van der Waals surface area contributed by atoms with Crippen LogP contribution in [-0.4, -0.2) is 51.0 Å². The molecule has 0 N–H and O–H groups in total. The number of carbonyl (C=O) groups is 1. The Kier molecular flexibility index (Phi) is 5.05. The summed E-state index contributed by atoms with van der Waals surface area (Å²) in [6, 6.07) is -0.652. The second-order valence-electron chi connectivity index (χ2n) is 8.27. The van der Waals surface area contributed by atoms with Crippen LogP contribution < -0.4 is 0 Å². The highest BCUT2D eigenvalue weighted by Crippen LogP contribution is 2.39. The van der Waals surface area contributed by atoms with Crippen LogP contribution in [0.3, 0.4) is 0 Å². The minimum Gasteiger partial charge on any atom is -0.457 e. The summed E-state index contributed by atoms with van der Waals surface area (Å²) in [4.78, 5) is 14.9. The first-order chi connectivity index (χ1) is 10.9. The number of rotatable bonds is 5. The highest BCUT2D eigenvalue weighted by atomic mass is 28.4. The Balaban J connectivity index is 2.14. The van der Waals surface area contributed by atoms with E-state index >= 15 is 0 Å². The molecule has 2 rings (SSSR count). The Morgan fingerprint density at radius 3 is 2.54 bits per heavy atom. The van der Waals surface area contributed by atoms with Crippen molar-refractivity contribution in [2.24, 2.45) is 5.11 Å². The van der Waals surface area contributed by atoms with Crippen molar-refractivity contribution in [2.75, 3.05) is 6.61 Å². The van der Waals surface area contributed by atoms with Crippen molar-refractivity contribution in [3.63, 3.8) is 0 Å². The van der Waals surface area contributed by atoms with Crippen LogP contribution in [0, 0.1) is 0 Å². The van der Waals surface area contributed by atoms with Gasteiger partial charge >= 0.3 is 5.97 Å². The average molecular weight is 357 g/mol. The largest absolute Gasteiger partial charge is 0.457 e. The van der Waals surface area contributed by atoms with Crippen LogP contribution >= 0.6 is 0 Å². The van der Waals surface area contributed by atoms with Gasteiger partial charge in [0.25, 0.3) is 0 Å². The lowest BCUT2D eigenvalue weighted by Crippen LogP contribution is -2.46. The molecule has 4 atom stereocenters. The van der Waals surface area contributed by atoms with Gasteiger partial charge in [-0.05, 0) is 37.5 Å². The van der Waals surface area contributed by atoms with E-state index in [0.29, 0.717) is 0 Å². The van der Waals surface area contributed by atoms with Gasteiger partial charge in [-0.2, -0.15) is 0 Å². The summed E-state index contributed by atoms with van der Waals surface area (Å²) in [7, 11) is -2.02. The van der Waals surface area contributed by atoms with Crippen LogP contribution in [0.15, 0.2) is 5.11 Å². The third-order valence-electron chi connectivity index (χ3n) is 4.94. The first kappa shape index (κ1) is 19.2. The van der Waals surface area contributed by atoms with Crippen LogP contribution in [0.2, 0.25) is 18.1 Å². The van der Waals surface area contributed by atoms with E-state index < -0.39 is 44.4 Å². The van der Waals surface area contributed by atoms with Gasteiger partial charge in [-0.15, -0.1) is 0 Å². The lowest BCUT2D eigenvalue weighted by Gasteiger charge is -2.37. The molecule has 2 aliphatic rings. The average Bonchev–Trinajstić information content (AvgIpc) is 2.88. The topological polar surface area (TPSA) is 103 Å². The molecule has 0 radical (unpaired) electrons. The van der Waals surface area contributed by atoms with E-state index in [4.69, 9.17) is 24.2 Å². The van der Waals surface area contributed by atoms with E-state index in [-0.39, 0.29) is 11.6 Å². The zero-order valence-electron chi connectivity index (χ0n) is 15.4. The first-order valence-corrected chi connectivity index (χ1v) is 11.0. The highest BCUT2D eigenvalue weighted by molar-refractivity contribution is 6.74. The van der Waals surface area contributed by atoms with E-state index in [0.717, 1.165) is 0 Å². The number of nitrogens with zero attached hydrogens (tertiary/aromatic N) is 3. The third-order valence-corrected chi connectivity index (χ3v) is 9.44. The van der Waals surface area contributed by atoms with Crippen LogP contribution in [0.5, 0.6) is 0 Å². The van der Waals surface area contributed by atoms with Crippen LogP contribution in [-0.2, 0) is 23.4 Å². The molecule has 0 aromatic rings. The number of ether oxygens (including phenoxy) is 3. The van der Waals surface area contributed by atoms with Crippen LogP contribution in [0.1, 0.15) is 34.6 Å². The van der Waals surface area contributed by atoms with Crippen LogP contribution in [0.25, 0.3) is 10.4 Å². The lowest BCUT2D eigenvalue weighted by molar-refractivity contribution is -0.188. The summed E-state index contributed by atoms with van der Waals surface area (Å²) in [5, 5.41) is 3.82. The fourth-order valence-corrected chi connectivity index (χ4v) is 3.57. The minimum atomic E-state index is -2.02. The fourth-order valence-electron chi connectivity index (χ4n) is 2.55. The predicted octanol–water partition coefficient (Wildman–Crippen LogP) is 3.13. The van der Waals surface area contributed by atoms with Gasteiger partial charge in [0.1, 0.15) is 12.2 Å². The molecular formula is C15H27N3O5Si. The molecule has 0 bridgehead atoms.